The molecule has 0 unspecified atom stereocenters. The van der Waals surface area contributed by atoms with E-state index in [1.807, 2.05) is 0 Å². The van der Waals surface area contributed by atoms with E-state index in [1.165, 1.54) is 22.3 Å². The van der Waals surface area contributed by atoms with Gasteiger partial charge < -0.3 is 0 Å². The first-order valence-electron chi connectivity index (χ1n) is 5.94. The fraction of sp³-hybridized carbons (Fsp3) is 0.250. The van der Waals surface area contributed by atoms with E-state index in [0.717, 1.165) is 12.8 Å². The fourth-order valence-corrected chi connectivity index (χ4v) is 1.95. The summed E-state index contributed by atoms with van der Waals surface area (Å²) >= 11 is 0. The third kappa shape index (κ3) is 2.16. The molecule has 16 heavy (non-hydrogen) atoms. The van der Waals surface area contributed by atoms with Gasteiger partial charge in [-0.2, -0.15) is 0 Å². The Morgan fingerprint density at radius 2 is 1.75 bits per heavy atom. The molecule has 0 bridgehead atoms. The van der Waals surface area contributed by atoms with Gasteiger partial charge in [0.2, 0.25) is 0 Å². The van der Waals surface area contributed by atoms with Gasteiger partial charge in [0.15, 0.2) is 0 Å². The summed E-state index contributed by atoms with van der Waals surface area (Å²) in [5.74, 6) is 0. The van der Waals surface area contributed by atoms with E-state index in [-0.39, 0.29) is 0 Å². The first kappa shape index (κ1) is 10.9. The van der Waals surface area contributed by atoms with Crippen molar-refractivity contribution in [2.24, 2.45) is 0 Å². The highest BCUT2D eigenvalue weighted by Gasteiger charge is 2.02. The fourth-order valence-electron chi connectivity index (χ4n) is 1.95. The molecule has 0 atom stereocenters. The SMILES string of the molecule is CCc1[c]cc(-c2ccccc2CC)cc1. The molecule has 0 aliphatic carbocycles. The molecule has 2 aromatic carbocycles. The van der Waals surface area contributed by atoms with Gasteiger partial charge in [-0.25, -0.2) is 0 Å². The lowest BCUT2D eigenvalue weighted by Crippen LogP contribution is -1.87. The molecule has 81 valence electrons. The molecule has 0 aliphatic rings. The standard InChI is InChI=1S/C16H17/c1-3-13-9-11-15(12-10-13)16-8-6-5-7-14(16)4-2/h5-9,11-12H,3-4H2,1-2H3. The molecule has 0 amide bonds. The third-order valence-corrected chi connectivity index (χ3v) is 2.97. The molecule has 1 radical (unpaired) electrons. The average molecular weight is 209 g/mol. The van der Waals surface area contributed by atoms with E-state index in [0.29, 0.717) is 0 Å². The van der Waals surface area contributed by atoms with Crippen LogP contribution in [-0.4, -0.2) is 0 Å². The van der Waals surface area contributed by atoms with E-state index < -0.39 is 0 Å². The average Bonchev–Trinajstić information content (AvgIpc) is 2.39. The summed E-state index contributed by atoms with van der Waals surface area (Å²) in [6, 6.07) is 18.4. The minimum atomic E-state index is 1.05. The van der Waals surface area contributed by atoms with Gasteiger partial charge in [-0.3, -0.25) is 0 Å². The highest BCUT2D eigenvalue weighted by atomic mass is 14.1. The number of hydrogen-bond donors (Lipinski definition) is 0. The molecular formula is C16H17. The summed E-state index contributed by atoms with van der Waals surface area (Å²) < 4.78 is 0. The van der Waals surface area contributed by atoms with Crippen LogP contribution in [0.1, 0.15) is 25.0 Å². The van der Waals surface area contributed by atoms with Crippen LogP contribution in [0.4, 0.5) is 0 Å². The van der Waals surface area contributed by atoms with Gasteiger partial charge in [-0.05, 0) is 47.2 Å². The zero-order valence-electron chi connectivity index (χ0n) is 9.96. The quantitative estimate of drug-likeness (QED) is 0.707. The zero-order chi connectivity index (χ0) is 11.4. The Morgan fingerprint density at radius 3 is 2.38 bits per heavy atom. The molecule has 0 fully saturated rings. The molecule has 0 spiro atoms. The molecule has 0 N–H and O–H groups in total. The molecule has 2 rings (SSSR count). The van der Waals surface area contributed by atoms with Crippen LogP contribution in [0.25, 0.3) is 11.1 Å². The lowest BCUT2D eigenvalue weighted by molar-refractivity contribution is 1.13. The molecule has 0 nitrogen and oxygen atoms in total. The second kappa shape index (κ2) is 4.98. The van der Waals surface area contributed by atoms with Crippen LogP contribution >= 0.6 is 0 Å². The van der Waals surface area contributed by atoms with Gasteiger partial charge >= 0.3 is 0 Å². The Labute approximate surface area is 97.9 Å². The van der Waals surface area contributed by atoms with Crippen LogP contribution in [0, 0.1) is 6.07 Å². The summed E-state index contributed by atoms with van der Waals surface area (Å²) in [5, 5.41) is 0. The maximum atomic E-state index is 3.34. The van der Waals surface area contributed by atoms with Crippen molar-refractivity contribution in [3.05, 3.63) is 59.7 Å². The van der Waals surface area contributed by atoms with E-state index in [9.17, 15) is 0 Å². The van der Waals surface area contributed by atoms with Gasteiger partial charge in [0, 0.05) is 0 Å². The first-order chi connectivity index (χ1) is 7.85. The van der Waals surface area contributed by atoms with Gasteiger partial charge in [-0.15, -0.1) is 0 Å². The summed E-state index contributed by atoms with van der Waals surface area (Å²) in [6.45, 7) is 4.36. The van der Waals surface area contributed by atoms with Crippen molar-refractivity contribution in [3.8, 4) is 11.1 Å². The first-order valence-corrected chi connectivity index (χ1v) is 5.94. The van der Waals surface area contributed by atoms with Crippen LogP contribution in [0.2, 0.25) is 0 Å². The summed E-state index contributed by atoms with van der Waals surface area (Å²) in [4.78, 5) is 0. The van der Waals surface area contributed by atoms with Crippen molar-refractivity contribution >= 4 is 0 Å². The van der Waals surface area contributed by atoms with Crippen LogP contribution in [0.3, 0.4) is 0 Å². The van der Waals surface area contributed by atoms with Crippen LogP contribution in [0.5, 0.6) is 0 Å². The monoisotopic (exact) mass is 209 g/mol. The van der Waals surface area contributed by atoms with Crippen molar-refractivity contribution in [3.63, 3.8) is 0 Å². The second-order valence-electron chi connectivity index (χ2n) is 3.97. The van der Waals surface area contributed by atoms with Crippen LogP contribution in [0.15, 0.2) is 42.5 Å². The largest absolute Gasteiger partial charge is 0.0620 e. The molecular weight excluding hydrogens is 192 g/mol. The minimum absolute atomic E-state index is 1.05. The number of hydrogen-bond acceptors (Lipinski definition) is 0. The Bertz CT molecular complexity index is 452. The lowest BCUT2D eigenvalue weighted by atomic mass is 9.97. The van der Waals surface area contributed by atoms with Crippen LogP contribution in [-0.2, 0) is 12.8 Å². The molecule has 0 heterocycles. The van der Waals surface area contributed by atoms with Gasteiger partial charge in [0.1, 0.15) is 0 Å². The minimum Gasteiger partial charge on any atom is -0.0620 e. The highest BCUT2D eigenvalue weighted by Crippen LogP contribution is 2.24. The van der Waals surface area contributed by atoms with Crippen LogP contribution < -0.4 is 0 Å². The topological polar surface area (TPSA) is 0 Å². The van der Waals surface area contributed by atoms with Crippen molar-refractivity contribution in [2.45, 2.75) is 26.7 Å². The second-order valence-corrected chi connectivity index (χ2v) is 3.97. The summed E-state index contributed by atoms with van der Waals surface area (Å²) in [6.07, 6.45) is 2.13. The van der Waals surface area contributed by atoms with Crippen molar-refractivity contribution in [1.29, 1.82) is 0 Å². The zero-order valence-corrected chi connectivity index (χ0v) is 9.96. The highest BCUT2D eigenvalue weighted by molar-refractivity contribution is 5.67. The Hall–Kier alpha value is -1.56. The molecule has 0 saturated carbocycles. The Balaban J connectivity index is 2.42. The normalized spacial score (nSPS) is 10.4. The smallest absolute Gasteiger partial charge is 0.0143 e. The van der Waals surface area contributed by atoms with E-state index in [1.54, 1.807) is 0 Å². The van der Waals surface area contributed by atoms with Gasteiger partial charge in [0.05, 0.1) is 0 Å². The third-order valence-electron chi connectivity index (χ3n) is 2.97. The molecule has 0 aliphatic heterocycles. The number of benzene rings is 2. The van der Waals surface area contributed by atoms with Gasteiger partial charge in [0.25, 0.3) is 0 Å². The summed E-state index contributed by atoms with van der Waals surface area (Å²) in [7, 11) is 0. The van der Waals surface area contributed by atoms with Crippen molar-refractivity contribution < 1.29 is 0 Å². The number of rotatable bonds is 3. The molecule has 2 aromatic rings. The summed E-state index contributed by atoms with van der Waals surface area (Å²) in [5.41, 5.74) is 5.29. The number of aryl methyl sites for hydroxylation is 2. The lowest BCUT2D eigenvalue weighted by Gasteiger charge is -2.08. The van der Waals surface area contributed by atoms with Gasteiger partial charge in [-0.1, -0.05) is 50.2 Å². The van der Waals surface area contributed by atoms with E-state index in [2.05, 4.69) is 62.4 Å². The Morgan fingerprint density at radius 1 is 0.938 bits per heavy atom. The Kier molecular flexibility index (Phi) is 3.40. The predicted octanol–water partition coefficient (Wildman–Crippen LogP) is 4.28. The van der Waals surface area contributed by atoms with E-state index in [4.69, 9.17) is 0 Å². The van der Waals surface area contributed by atoms with Crippen molar-refractivity contribution in [1.82, 2.24) is 0 Å². The maximum absolute atomic E-state index is 3.34. The van der Waals surface area contributed by atoms with Crippen molar-refractivity contribution in [2.75, 3.05) is 0 Å². The molecule has 0 saturated heterocycles. The predicted molar refractivity (Wildman–Crippen MR) is 69.5 cm³/mol. The molecule has 0 aromatic heterocycles. The van der Waals surface area contributed by atoms with E-state index >= 15 is 0 Å². The molecule has 0 heteroatoms. The maximum Gasteiger partial charge on any atom is -0.0143 e.